The summed E-state index contributed by atoms with van der Waals surface area (Å²) in [5.74, 6) is -0.245. The molecule has 2 aliphatic heterocycles. The number of likely N-dealkylation sites (N-methyl/N-ethyl adjacent to an activating group) is 1. The molecule has 0 aromatic heterocycles. The molecule has 8 nitrogen and oxygen atoms in total. The molecule has 2 aliphatic rings. The van der Waals surface area contributed by atoms with Crippen LogP contribution in [0.15, 0.2) is 54.6 Å². The van der Waals surface area contributed by atoms with Gasteiger partial charge in [-0.15, -0.1) is 0 Å². The summed E-state index contributed by atoms with van der Waals surface area (Å²) in [6.45, 7) is 6.83. The summed E-state index contributed by atoms with van der Waals surface area (Å²) in [5, 5.41) is 6.28. The number of hydrazine groups is 1. The number of piperazine rings is 1. The van der Waals surface area contributed by atoms with Crippen LogP contribution in [0.4, 0.5) is 4.79 Å². The molecule has 1 N–H and O–H groups in total. The van der Waals surface area contributed by atoms with Gasteiger partial charge < -0.3 is 15.1 Å². The molecule has 2 fully saturated rings. The number of hydrogen-bond donors (Lipinski definition) is 1. The third kappa shape index (κ3) is 4.89. The van der Waals surface area contributed by atoms with Gasteiger partial charge in [-0.05, 0) is 30.9 Å². The van der Waals surface area contributed by atoms with Crippen molar-refractivity contribution >= 4 is 17.8 Å². The first-order valence-electron chi connectivity index (χ1n) is 12.4. The van der Waals surface area contributed by atoms with Gasteiger partial charge in [-0.3, -0.25) is 9.59 Å². The van der Waals surface area contributed by atoms with Crippen molar-refractivity contribution in [3.63, 3.8) is 0 Å². The highest BCUT2D eigenvalue weighted by molar-refractivity contribution is 5.92. The first-order valence-corrected chi connectivity index (χ1v) is 12.4. The van der Waals surface area contributed by atoms with Crippen molar-refractivity contribution in [1.82, 2.24) is 25.1 Å². The molecule has 0 radical (unpaired) electrons. The van der Waals surface area contributed by atoms with E-state index in [2.05, 4.69) is 19.2 Å². The maximum absolute atomic E-state index is 13.8. The minimum absolute atomic E-state index is 0.0239. The molecule has 35 heavy (non-hydrogen) atoms. The number of rotatable bonds is 6. The third-order valence-corrected chi connectivity index (χ3v) is 7.05. The van der Waals surface area contributed by atoms with E-state index in [1.165, 1.54) is 0 Å². The third-order valence-electron chi connectivity index (χ3n) is 7.05. The van der Waals surface area contributed by atoms with E-state index in [9.17, 15) is 14.4 Å². The SMILES string of the molecule is CCC(CC)N1C[C@H]2N(C(=O)CN(C)N2C(=O)NCc2ccc(C)cc2)[C@@H](c2ccccc2)C1=O. The second-order valence-electron chi connectivity index (χ2n) is 9.36. The number of urea groups is 1. The molecular weight excluding hydrogens is 442 g/mol. The molecule has 4 rings (SSSR count). The van der Waals surface area contributed by atoms with E-state index in [4.69, 9.17) is 0 Å². The van der Waals surface area contributed by atoms with Crippen LogP contribution in [0.1, 0.15) is 49.4 Å². The van der Waals surface area contributed by atoms with Crippen molar-refractivity contribution in [3.8, 4) is 0 Å². The van der Waals surface area contributed by atoms with Crippen LogP contribution < -0.4 is 5.32 Å². The molecule has 2 aromatic rings. The maximum atomic E-state index is 13.8. The predicted molar refractivity (Wildman–Crippen MR) is 134 cm³/mol. The molecule has 186 valence electrons. The number of fused-ring (bicyclic) bond motifs is 1. The lowest BCUT2D eigenvalue weighted by Gasteiger charge is -2.55. The molecule has 4 amide bonds. The lowest BCUT2D eigenvalue weighted by molar-refractivity contribution is -0.190. The number of nitrogens with zero attached hydrogens (tertiary/aromatic N) is 4. The molecule has 2 heterocycles. The molecule has 2 atom stereocenters. The van der Waals surface area contributed by atoms with Crippen LogP contribution in [0.2, 0.25) is 0 Å². The van der Waals surface area contributed by atoms with Crippen molar-refractivity contribution in [3.05, 3.63) is 71.3 Å². The highest BCUT2D eigenvalue weighted by Crippen LogP contribution is 2.35. The zero-order valence-corrected chi connectivity index (χ0v) is 21.0. The minimum Gasteiger partial charge on any atom is -0.334 e. The zero-order valence-electron chi connectivity index (χ0n) is 21.0. The first-order chi connectivity index (χ1) is 16.8. The summed E-state index contributed by atoms with van der Waals surface area (Å²) < 4.78 is 0. The fourth-order valence-electron chi connectivity index (χ4n) is 5.14. The Labute approximate surface area is 207 Å². The van der Waals surface area contributed by atoms with E-state index >= 15 is 0 Å². The van der Waals surface area contributed by atoms with Gasteiger partial charge in [-0.1, -0.05) is 74.0 Å². The van der Waals surface area contributed by atoms with Crippen molar-refractivity contribution in [2.45, 2.75) is 58.4 Å². The highest BCUT2D eigenvalue weighted by Gasteiger charge is 2.52. The molecular formula is C27H35N5O3. The van der Waals surface area contributed by atoms with Crippen LogP contribution in [0.5, 0.6) is 0 Å². The van der Waals surface area contributed by atoms with Crippen LogP contribution >= 0.6 is 0 Å². The quantitative estimate of drug-likeness (QED) is 0.693. The highest BCUT2D eigenvalue weighted by atomic mass is 16.2. The zero-order chi connectivity index (χ0) is 25.1. The second kappa shape index (κ2) is 10.5. The summed E-state index contributed by atoms with van der Waals surface area (Å²) >= 11 is 0. The molecule has 0 unspecified atom stereocenters. The van der Waals surface area contributed by atoms with Crippen molar-refractivity contribution in [2.75, 3.05) is 20.1 Å². The van der Waals surface area contributed by atoms with Gasteiger partial charge in [-0.2, -0.15) is 0 Å². The molecule has 0 aliphatic carbocycles. The Morgan fingerprint density at radius 2 is 1.69 bits per heavy atom. The average molecular weight is 478 g/mol. The lowest BCUT2D eigenvalue weighted by atomic mass is 9.96. The monoisotopic (exact) mass is 477 g/mol. The van der Waals surface area contributed by atoms with Gasteiger partial charge in [0.1, 0.15) is 12.2 Å². The number of hydrogen-bond acceptors (Lipinski definition) is 4. The van der Waals surface area contributed by atoms with Gasteiger partial charge in [0.2, 0.25) is 11.8 Å². The Hall–Kier alpha value is -3.39. The topological polar surface area (TPSA) is 76.2 Å². The number of carbonyl (C=O) groups is 3. The Kier molecular flexibility index (Phi) is 7.40. The molecule has 0 saturated carbocycles. The fourth-order valence-corrected chi connectivity index (χ4v) is 5.14. The number of benzene rings is 2. The first kappa shape index (κ1) is 24.7. The number of carbonyl (C=O) groups excluding carboxylic acids is 3. The van der Waals surface area contributed by atoms with E-state index in [0.29, 0.717) is 6.54 Å². The smallest absolute Gasteiger partial charge is 0.334 e. The maximum Gasteiger partial charge on any atom is 0.334 e. The van der Waals surface area contributed by atoms with Crippen LogP contribution in [-0.4, -0.2) is 70.0 Å². The van der Waals surface area contributed by atoms with Crippen molar-refractivity contribution in [2.24, 2.45) is 0 Å². The summed E-state index contributed by atoms with van der Waals surface area (Å²) in [6.07, 6.45) is 1.02. The van der Waals surface area contributed by atoms with E-state index in [1.54, 1.807) is 22.0 Å². The van der Waals surface area contributed by atoms with E-state index in [-0.39, 0.29) is 37.0 Å². The standard InChI is InChI=1S/C27H35N5O3/c1-5-22(6-2)30-17-23-31(25(26(30)34)21-10-8-7-9-11-21)24(33)18-29(4)32(23)27(35)28-16-20-14-12-19(3)13-15-20/h7-15,22-23,25H,5-6,16-18H2,1-4H3,(H,28,35)/t23-,25-/m0/s1. The summed E-state index contributed by atoms with van der Waals surface area (Å²) in [5.41, 5.74) is 2.91. The summed E-state index contributed by atoms with van der Waals surface area (Å²) in [4.78, 5) is 44.1. The van der Waals surface area contributed by atoms with Gasteiger partial charge in [0, 0.05) is 19.6 Å². The van der Waals surface area contributed by atoms with E-state index in [0.717, 1.165) is 29.5 Å². The van der Waals surface area contributed by atoms with E-state index < -0.39 is 12.2 Å². The molecule has 2 aromatic carbocycles. The van der Waals surface area contributed by atoms with Gasteiger partial charge in [0.05, 0.1) is 13.1 Å². The van der Waals surface area contributed by atoms with Gasteiger partial charge in [-0.25, -0.2) is 14.8 Å². The number of nitrogens with one attached hydrogen (secondary N) is 1. The van der Waals surface area contributed by atoms with Crippen LogP contribution in [0.3, 0.4) is 0 Å². The molecule has 0 bridgehead atoms. The predicted octanol–water partition coefficient (Wildman–Crippen LogP) is 3.29. The Balaban J connectivity index is 1.67. The van der Waals surface area contributed by atoms with Crippen LogP contribution in [0.25, 0.3) is 0 Å². The summed E-state index contributed by atoms with van der Waals surface area (Å²) in [7, 11) is 1.75. The van der Waals surface area contributed by atoms with Crippen molar-refractivity contribution < 1.29 is 14.4 Å². The largest absolute Gasteiger partial charge is 0.334 e. The van der Waals surface area contributed by atoms with Gasteiger partial charge in [0.15, 0.2) is 0 Å². The van der Waals surface area contributed by atoms with Gasteiger partial charge >= 0.3 is 6.03 Å². The Bertz CT molecular complexity index is 1050. The van der Waals surface area contributed by atoms with Crippen LogP contribution in [-0.2, 0) is 16.1 Å². The Morgan fingerprint density at radius 3 is 2.31 bits per heavy atom. The second-order valence-corrected chi connectivity index (χ2v) is 9.36. The van der Waals surface area contributed by atoms with Crippen molar-refractivity contribution in [1.29, 1.82) is 0 Å². The summed E-state index contributed by atoms with van der Waals surface area (Å²) in [6, 6.07) is 16.4. The fraction of sp³-hybridized carbons (Fsp3) is 0.444. The van der Waals surface area contributed by atoms with Crippen LogP contribution in [0, 0.1) is 6.92 Å². The number of amides is 4. The molecule has 8 heteroatoms. The van der Waals surface area contributed by atoms with E-state index in [1.807, 2.05) is 66.4 Å². The Morgan fingerprint density at radius 1 is 1.03 bits per heavy atom. The normalized spacial score (nSPS) is 20.9. The lowest BCUT2D eigenvalue weighted by Crippen LogP contribution is -2.74. The minimum atomic E-state index is -0.760. The van der Waals surface area contributed by atoms with Gasteiger partial charge in [0.25, 0.3) is 0 Å². The average Bonchev–Trinajstić information content (AvgIpc) is 2.85. The molecule has 0 spiro atoms. The molecule has 2 saturated heterocycles. The number of aryl methyl sites for hydroxylation is 1.